The Morgan fingerprint density at radius 1 is 1.20 bits per heavy atom. The summed E-state index contributed by atoms with van der Waals surface area (Å²) in [5.74, 6) is -0.809. The van der Waals surface area contributed by atoms with Gasteiger partial charge in [-0.25, -0.2) is 14.2 Å². The smallest absolute Gasteiger partial charge is 0.338 e. The van der Waals surface area contributed by atoms with E-state index in [4.69, 9.17) is 0 Å². The Morgan fingerprint density at radius 3 is 2.75 bits per heavy atom. The van der Waals surface area contributed by atoms with Crippen LogP contribution in [0.15, 0.2) is 42.5 Å². The molecule has 100 valence electrons. The number of H-pyrrole nitrogens is 1. The zero-order chi connectivity index (χ0) is 14.1. The second-order valence-corrected chi connectivity index (χ2v) is 4.26. The molecule has 0 aliphatic carbocycles. The molecule has 1 heterocycles. The molecule has 0 atom stereocenters. The molecule has 0 aliphatic rings. The number of para-hydroxylation sites is 2. The minimum Gasteiger partial charge on any atom is -0.465 e. The maximum atomic E-state index is 14.1. The molecule has 0 saturated carbocycles. The molecule has 1 N–H and O–H groups in total. The van der Waals surface area contributed by atoms with Gasteiger partial charge in [-0.15, -0.1) is 0 Å². The SMILES string of the molecule is COC(=O)c1cccc(F)c1-c1nc2ccccc2[nH]1. The quantitative estimate of drug-likeness (QED) is 0.728. The highest BCUT2D eigenvalue weighted by Crippen LogP contribution is 2.27. The highest BCUT2D eigenvalue weighted by atomic mass is 19.1. The lowest BCUT2D eigenvalue weighted by Crippen LogP contribution is -2.05. The summed E-state index contributed by atoms with van der Waals surface area (Å²) < 4.78 is 18.8. The molecule has 0 bridgehead atoms. The van der Waals surface area contributed by atoms with E-state index in [1.54, 1.807) is 0 Å². The fourth-order valence-corrected chi connectivity index (χ4v) is 2.12. The van der Waals surface area contributed by atoms with Crippen molar-refractivity contribution in [2.24, 2.45) is 0 Å². The van der Waals surface area contributed by atoms with Crippen molar-refractivity contribution in [1.29, 1.82) is 0 Å². The van der Waals surface area contributed by atoms with Gasteiger partial charge in [0.15, 0.2) is 0 Å². The lowest BCUT2D eigenvalue weighted by molar-refractivity contribution is 0.0601. The molecule has 3 rings (SSSR count). The third-order valence-corrected chi connectivity index (χ3v) is 3.05. The third kappa shape index (κ3) is 1.93. The van der Waals surface area contributed by atoms with Gasteiger partial charge in [0.05, 0.1) is 29.3 Å². The molecule has 5 heteroatoms. The van der Waals surface area contributed by atoms with Crippen molar-refractivity contribution < 1.29 is 13.9 Å². The molecule has 0 unspecified atom stereocenters. The summed E-state index contributed by atoms with van der Waals surface area (Å²) in [4.78, 5) is 19.1. The summed E-state index contributed by atoms with van der Waals surface area (Å²) in [7, 11) is 1.26. The number of nitrogens with one attached hydrogen (secondary N) is 1. The molecule has 2 aromatic carbocycles. The van der Waals surface area contributed by atoms with Crippen molar-refractivity contribution >= 4 is 17.0 Å². The molecule has 0 amide bonds. The van der Waals surface area contributed by atoms with E-state index in [1.807, 2.05) is 24.3 Å². The predicted octanol–water partition coefficient (Wildman–Crippen LogP) is 3.16. The zero-order valence-corrected chi connectivity index (χ0v) is 10.7. The number of aromatic amines is 1. The number of aromatic nitrogens is 2. The Morgan fingerprint density at radius 2 is 2.00 bits per heavy atom. The number of nitrogens with zero attached hydrogens (tertiary/aromatic N) is 1. The van der Waals surface area contributed by atoms with Crippen LogP contribution in [0.5, 0.6) is 0 Å². The van der Waals surface area contributed by atoms with Crippen molar-refractivity contribution in [3.8, 4) is 11.4 Å². The van der Waals surface area contributed by atoms with Gasteiger partial charge in [-0.2, -0.15) is 0 Å². The van der Waals surface area contributed by atoms with Crippen LogP contribution in [0.1, 0.15) is 10.4 Å². The van der Waals surface area contributed by atoms with E-state index in [0.29, 0.717) is 11.3 Å². The number of esters is 1. The minimum atomic E-state index is -0.597. The number of carbonyl (C=O) groups excluding carboxylic acids is 1. The standard InChI is InChI=1S/C15H11FN2O2/c1-20-15(19)9-5-4-6-10(16)13(9)14-17-11-7-2-3-8-12(11)18-14/h2-8H,1H3,(H,17,18). The van der Waals surface area contributed by atoms with Crippen LogP contribution in [0.3, 0.4) is 0 Å². The van der Waals surface area contributed by atoms with Crippen LogP contribution in [-0.2, 0) is 4.74 Å². The molecular weight excluding hydrogens is 259 g/mol. The first-order valence-corrected chi connectivity index (χ1v) is 6.02. The second kappa shape index (κ2) is 4.77. The van der Waals surface area contributed by atoms with Gasteiger partial charge in [0.2, 0.25) is 0 Å². The van der Waals surface area contributed by atoms with Gasteiger partial charge in [0, 0.05) is 0 Å². The Balaban J connectivity index is 2.25. The summed E-state index contributed by atoms with van der Waals surface area (Å²) in [6.07, 6.45) is 0. The van der Waals surface area contributed by atoms with Gasteiger partial charge in [0.1, 0.15) is 11.6 Å². The van der Waals surface area contributed by atoms with Crippen LogP contribution >= 0.6 is 0 Å². The molecule has 0 spiro atoms. The van der Waals surface area contributed by atoms with Crippen LogP contribution in [0.25, 0.3) is 22.4 Å². The number of methoxy groups -OCH3 is 1. The summed E-state index contributed by atoms with van der Waals surface area (Å²) in [5, 5.41) is 0. The first-order valence-electron chi connectivity index (χ1n) is 6.02. The molecule has 0 fully saturated rings. The molecule has 0 aliphatic heterocycles. The van der Waals surface area contributed by atoms with Crippen molar-refractivity contribution in [2.45, 2.75) is 0 Å². The number of carbonyl (C=O) groups is 1. The Bertz CT molecular complexity index is 762. The van der Waals surface area contributed by atoms with E-state index in [-0.39, 0.29) is 11.1 Å². The molecule has 0 saturated heterocycles. The first-order chi connectivity index (χ1) is 9.70. The number of imidazole rings is 1. The summed E-state index contributed by atoms with van der Waals surface area (Å²) in [6, 6.07) is 11.6. The van der Waals surface area contributed by atoms with Gasteiger partial charge in [0.25, 0.3) is 0 Å². The lowest BCUT2D eigenvalue weighted by atomic mass is 10.1. The number of halogens is 1. The third-order valence-electron chi connectivity index (χ3n) is 3.05. The van der Waals surface area contributed by atoms with Crippen LogP contribution < -0.4 is 0 Å². The fourth-order valence-electron chi connectivity index (χ4n) is 2.12. The van der Waals surface area contributed by atoms with E-state index < -0.39 is 11.8 Å². The zero-order valence-electron chi connectivity index (χ0n) is 10.7. The van der Waals surface area contributed by atoms with Crippen LogP contribution in [0, 0.1) is 5.82 Å². The van der Waals surface area contributed by atoms with Gasteiger partial charge in [-0.1, -0.05) is 18.2 Å². The van der Waals surface area contributed by atoms with E-state index in [9.17, 15) is 9.18 Å². The van der Waals surface area contributed by atoms with E-state index >= 15 is 0 Å². The molecule has 1 aromatic heterocycles. The number of fused-ring (bicyclic) bond motifs is 1. The number of rotatable bonds is 2. The number of hydrogen-bond acceptors (Lipinski definition) is 3. The maximum absolute atomic E-state index is 14.1. The highest BCUT2D eigenvalue weighted by Gasteiger charge is 2.19. The monoisotopic (exact) mass is 270 g/mol. The minimum absolute atomic E-state index is 0.121. The van der Waals surface area contributed by atoms with Crippen molar-refractivity contribution in [3.05, 3.63) is 53.8 Å². The van der Waals surface area contributed by atoms with Crippen LogP contribution in [-0.4, -0.2) is 23.0 Å². The Hall–Kier alpha value is -2.69. The predicted molar refractivity (Wildman–Crippen MR) is 72.8 cm³/mol. The normalized spacial score (nSPS) is 10.7. The summed E-state index contributed by atoms with van der Waals surface area (Å²) in [6.45, 7) is 0. The molecule has 3 aromatic rings. The van der Waals surface area contributed by atoms with Gasteiger partial charge in [-0.3, -0.25) is 0 Å². The fraction of sp³-hybridized carbons (Fsp3) is 0.0667. The van der Waals surface area contributed by atoms with Crippen LogP contribution in [0.4, 0.5) is 4.39 Å². The van der Waals surface area contributed by atoms with Crippen LogP contribution in [0.2, 0.25) is 0 Å². The number of benzene rings is 2. The Kier molecular flexibility index (Phi) is 2.95. The molecule has 20 heavy (non-hydrogen) atoms. The molecule has 0 radical (unpaired) electrons. The van der Waals surface area contributed by atoms with Gasteiger partial charge < -0.3 is 9.72 Å². The first kappa shape index (κ1) is 12.3. The van der Waals surface area contributed by atoms with Gasteiger partial charge in [-0.05, 0) is 24.3 Å². The largest absolute Gasteiger partial charge is 0.465 e. The highest BCUT2D eigenvalue weighted by molar-refractivity contribution is 5.97. The maximum Gasteiger partial charge on any atom is 0.338 e. The lowest BCUT2D eigenvalue weighted by Gasteiger charge is -2.06. The van der Waals surface area contributed by atoms with E-state index in [0.717, 1.165) is 5.52 Å². The average Bonchev–Trinajstić information content (AvgIpc) is 2.89. The summed E-state index contributed by atoms with van der Waals surface area (Å²) in [5.41, 5.74) is 1.75. The number of ether oxygens (including phenoxy) is 1. The van der Waals surface area contributed by atoms with E-state index in [2.05, 4.69) is 14.7 Å². The topological polar surface area (TPSA) is 55.0 Å². The summed E-state index contributed by atoms with van der Waals surface area (Å²) >= 11 is 0. The number of hydrogen-bond donors (Lipinski definition) is 1. The van der Waals surface area contributed by atoms with Crippen molar-refractivity contribution in [3.63, 3.8) is 0 Å². The van der Waals surface area contributed by atoms with E-state index in [1.165, 1.54) is 25.3 Å². The second-order valence-electron chi connectivity index (χ2n) is 4.26. The molecule has 4 nitrogen and oxygen atoms in total. The van der Waals surface area contributed by atoms with Gasteiger partial charge >= 0.3 is 5.97 Å². The molecular formula is C15H11FN2O2. The van der Waals surface area contributed by atoms with Crippen molar-refractivity contribution in [2.75, 3.05) is 7.11 Å². The average molecular weight is 270 g/mol. The van der Waals surface area contributed by atoms with Crippen molar-refractivity contribution in [1.82, 2.24) is 9.97 Å². The Labute approximate surface area is 114 Å².